The first-order valence-corrected chi connectivity index (χ1v) is 4.53. The van der Waals surface area contributed by atoms with E-state index >= 15 is 0 Å². The van der Waals surface area contributed by atoms with E-state index in [0.29, 0.717) is 5.69 Å². The predicted octanol–water partition coefficient (Wildman–Crippen LogP) is 1.76. The van der Waals surface area contributed by atoms with E-state index in [9.17, 15) is 18.0 Å². The molecule has 0 saturated carbocycles. The lowest BCUT2D eigenvalue weighted by atomic mass is 10.3. The van der Waals surface area contributed by atoms with E-state index in [2.05, 4.69) is 0 Å². The lowest BCUT2D eigenvalue weighted by Crippen LogP contribution is -2.41. The van der Waals surface area contributed by atoms with Gasteiger partial charge in [0, 0.05) is 12.7 Å². The molecule has 1 aromatic rings. The molecule has 0 radical (unpaired) electrons. The van der Waals surface area contributed by atoms with Gasteiger partial charge in [-0.25, -0.2) is 5.32 Å². The molecule has 0 aliphatic rings. The van der Waals surface area contributed by atoms with Gasteiger partial charge in [0.15, 0.2) is 0 Å². The van der Waals surface area contributed by atoms with E-state index in [4.69, 9.17) is 0 Å². The van der Waals surface area contributed by atoms with Gasteiger partial charge in [0.2, 0.25) is 5.91 Å². The number of carbonyl (C=O) groups is 1. The second kappa shape index (κ2) is 4.98. The van der Waals surface area contributed by atoms with Gasteiger partial charge in [-0.15, -0.1) is 0 Å². The molecule has 1 rings (SSSR count). The second-order valence-electron chi connectivity index (χ2n) is 3.14. The standard InChI is InChI=1S/C10H11F3N2O/c1-15(8-5-3-2-4-6-8)9(16)7-14-10(11,12)13/h2-6,14H,7H2,1H3. The van der Waals surface area contributed by atoms with Crippen LogP contribution in [0, 0.1) is 0 Å². The highest BCUT2D eigenvalue weighted by Crippen LogP contribution is 2.12. The largest absolute Gasteiger partial charge is 0.457 e. The third-order valence-electron chi connectivity index (χ3n) is 1.96. The Hall–Kier alpha value is -1.56. The average Bonchev–Trinajstić information content (AvgIpc) is 2.25. The number of nitrogens with zero attached hydrogens (tertiary/aromatic N) is 1. The number of hydrogen-bond acceptors (Lipinski definition) is 2. The number of alkyl halides is 3. The zero-order valence-electron chi connectivity index (χ0n) is 8.58. The van der Waals surface area contributed by atoms with Crippen molar-refractivity contribution in [3.63, 3.8) is 0 Å². The van der Waals surface area contributed by atoms with Crippen LogP contribution in [-0.2, 0) is 4.79 Å². The molecule has 6 heteroatoms. The first kappa shape index (κ1) is 12.5. The van der Waals surface area contributed by atoms with Crippen molar-refractivity contribution < 1.29 is 18.0 Å². The van der Waals surface area contributed by atoms with Gasteiger partial charge in [-0.05, 0) is 12.1 Å². The number of benzene rings is 1. The topological polar surface area (TPSA) is 32.3 Å². The fraction of sp³-hybridized carbons (Fsp3) is 0.300. The van der Waals surface area contributed by atoms with Gasteiger partial charge in [-0.3, -0.25) is 4.79 Å². The van der Waals surface area contributed by atoms with Crippen LogP contribution < -0.4 is 10.2 Å². The van der Waals surface area contributed by atoms with Crippen LogP contribution in [0.3, 0.4) is 0 Å². The van der Waals surface area contributed by atoms with E-state index in [-0.39, 0.29) is 0 Å². The average molecular weight is 232 g/mol. The van der Waals surface area contributed by atoms with Crippen molar-refractivity contribution in [3.05, 3.63) is 30.3 Å². The normalized spacial score (nSPS) is 11.2. The van der Waals surface area contributed by atoms with Crippen molar-refractivity contribution in [1.29, 1.82) is 0 Å². The molecule has 0 aliphatic carbocycles. The quantitative estimate of drug-likeness (QED) is 0.805. The molecule has 0 atom stereocenters. The lowest BCUT2D eigenvalue weighted by molar-refractivity contribution is -0.159. The summed E-state index contributed by atoms with van der Waals surface area (Å²) >= 11 is 0. The molecule has 1 N–H and O–H groups in total. The highest BCUT2D eigenvalue weighted by molar-refractivity contribution is 5.94. The highest BCUT2D eigenvalue weighted by atomic mass is 19.4. The Labute approximate surface area is 90.9 Å². The van der Waals surface area contributed by atoms with Crippen LogP contribution in [0.5, 0.6) is 0 Å². The Morgan fingerprint density at radius 2 is 1.88 bits per heavy atom. The van der Waals surface area contributed by atoms with Crippen molar-refractivity contribution >= 4 is 11.6 Å². The van der Waals surface area contributed by atoms with Crippen molar-refractivity contribution in [2.24, 2.45) is 0 Å². The number of para-hydroxylation sites is 1. The SMILES string of the molecule is CN(C(=O)CNC(F)(F)F)c1ccccc1. The zero-order chi connectivity index (χ0) is 12.2. The fourth-order valence-electron chi connectivity index (χ4n) is 1.09. The number of nitrogens with one attached hydrogen (secondary N) is 1. The molecule has 0 bridgehead atoms. The van der Waals surface area contributed by atoms with Gasteiger partial charge < -0.3 is 4.90 Å². The van der Waals surface area contributed by atoms with Crippen LogP contribution in [0.1, 0.15) is 0 Å². The summed E-state index contributed by atoms with van der Waals surface area (Å²) in [5.41, 5.74) is 0.552. The van der Waals surface area contributed by atoms with E-state index in [0.717, 1.165) is 0 Å². The molecule has 1 aromatic carbocycles. The molecule has 0 heterocycles. The fourth-order valence-corrected chi connectivity index (χ4v) is 1.09. The number of rotatable bonds is 3. The van der Waals surface area contributed by atoms with Crippen LogP contribution in [0.15, 0.2) is 30.3 Å². The van der Waals surface area contributed by atoms with E-state index in [1.807, 2.05) is 0 Å². The van der Waals surface area contributed by atoms with E-state index < -0.39 is 18.8 Å². The summed E-state index contributed by atoms with van der Waals surface area (Å²) in [4.78, 5) is 12.5. The molecule has 16 heavy (non-hydrogen) atoms. The zero-order valence-corrected chi connectivity index (χ0v) is 8.58. The molecule has 0 unspecified atom stereocenters. The maximum Gasteiger partial charge on any atom is 0.457 e. The molecule has 0 fully saturated rings. The first-order valence-electron chi connectivity index (χ1n) is 4.53. The highest BCUT2D eigenvalue weighted by Gasteiger charge is 2.28. The molecule has 3 nitrogen and oxygen atoms in total. The van der Waals surface area contributed by atoms with Crippen molar-refractivity contribution in [2.45, 2.75) is 6.30 Å². The van der Waals surface area contributed by atoms with Gasteiger partial charge >= 0.3 is 6.30 Å². The molecule has 1 amide bonds. The summed E-state index contributed by atoms with van der Waals surface area (Å²) in [6, 6.07) is 8.46. The Morgan fingerprint density at radius 1 is 1.31 bits per heavy atom. The molecular formula is C10H11F3N2O. The summed E-state index contributed by atoms with van der Waals surface area (Å²) < 4.78 is 35.4. The van der Waals surface area contributed by atoms with Crippen LogP contribution in [0.25, 0.3) is 0 Å². The second-order valence-corrected chi connectivity index (χ2v) is 3.14. The monoisotopic (exact) mass is 232 g/mol. The summed E-state index contributed by atoms with van der Waals surface area (Å²) in [5, 5.41) is 1.18. The Kier molecular flexibility index (Phi) is 3.89. The summed E-state index contributed by atoms with van der Waals surface area (Å²) in [6.07, 6.45) is -4.53. The van der Waals surface area contributed by atoms with Gasteiger partial charge in [-0.2, -0.15) is 13.2 Å². The summed E-state index contributed by atoms with van der Waals surface area (Å²) in [5.74, 6) is -0.650. The van der Waals surface area contributed by atoms with Crippen molar-refractivity contribution in [3.8, 4) is 0 Å². The maximum absolute atomic E-state index is 11.8. The van der Waals surface area contributed by atoms with Crippen LogP contribution in [0.4, 0.5) is 18.9 Å². The Morgan fingerprint density at radius 3 is 2.38 bits per heavy atom. The minimum atomic E-state index is -4.53. The van der Waals surface area contributed by atoms with Crippen LogP contribution in [-0.4, -0.2) is 25.8 Å². The molecular weight excluding hydrogens is 221 g/mol. The molecule has 0 saturated heterocycles. The predicted molar refractivity (Wildman–Crippen MR) is 53.9 cm³/mol. The maximum atomic E-state index is 11.8. The molecule has 0 spiro atoms. The van der Waals surface area contributed by atoms with E-state index in [1.165, 1.54) is 17.3 Å². The van der Waals surface area contributed by atoms with Crippen molar-refractivity contribution in [2.75, 3.05) is 18.5 Å². The number of amides is 1. The number of halogens is 3. The van der Waals surface area contributed by atoms with Gasteiger partial charge in [0.25, 0.3) is 0 Å². The number of carbonyl (C=O) groups excluding carboxylic acids is 1. The number of likely N-dealkylation sites (N-methyl/N-ethyl adjacent to an activating group) is 1. The lowest BCUT2D eigenvalue weighted by Gasteiger charge is -2.18. The van der Waals surface area contributed by atoms with Crippen LogP contribution in [0.2, 0.25) is 0 Å². The number of hydrogen-bond donors (Lipinski definition) is 1. The summed E-state index contributed by atoms with van der Waals surface area (Å²) in [7, 11) is 1.43. The third kappa shape index (κ3) is 3.90. The third-order valence-corrected chi connectivity index (χ3v) is 1.96. The Balaban J connectivity index is 2.55. The smallest absolute Gasteiger partial charge is 0.314 e. The van der Waals surface area contributed by atoms with Gasteiger partial charge in [0.05, 0.1) is 6.54 Å². The van der Waals surface area contributed by atoms with Gasteiger partial charge in [0.1, 0.15) is 0 Å². The first-order chi connectivity index (χ1) is 7.40. The number of anilines is 1. The van der Waals surface area contributed by atoms with Gasteiger partial charge in [-0.1, -0.05) is 18.2 Å². The molecule has 0 aromatic heterocycles. The van der Waals surface area contributed by atoms with Crippen LogP contribution >= 0.6 is 0 Å². The van der Waals surface area contributed by atoms with E-state index in [1.54, 1.807) is 30.3 Å². The molecule has 88 valence electrons. The minimum Gasteiger partial charge on any atom is -0.314 e. The summed E-state index contributed by atoms with van der Waals surface area (Å²) in [6.45, 7) is -0.769. The minimum absolute atomic E-state index is 0.552. The molecule has 0 aliphatic heterocycles. The van der Waals surface area contributed by atoms with Crippen molar-refractivity contribution in [1.82, 2.24) is 5.32 Å². The Bertz CT molecular complexity index is 351.